The Hall–Kier alpha value is -9.76. The highest BCUT2D eigenvalue weighted by Crippen LogP contribution is 2.56. The van der Waals surface area contributed by atoms with Gasteiger partial charge in [0.05, 0.1) is 11.4 Å². The van der Waals surface area contributed by atoms with Crippen LogP contribution in [0.3, 0.4) is 0 Å². The first-order valence-electron chi connectivity index (χ1n) is 39.2. The smallest absolute Gasteiger partial charge is 0.0546 e. The van der Waals surface area contributed by atoms with Crippen molar-refractivity contribution < 1.29 is 0 Å². The molecule has 0 saturated heterocycles. The molecule has 0 aliphatic rings. The minimum atomic E-state index is 1.01. The molecule has 0 spiro atoms. The molecule has 0 aliphatic carbocycles. The molecule has 0 amide bonds. The minimum absolute atomic E-state index is 1.01. The van der Waals surface area contributed by atoms with E-state index in [2.05, 4.69) is 285 Å². The largest absolute Gasteiger partial charge is 0.310 e. The Morgan fingerprint density at radius 2 is 0.422 bits per heavy atom. The summed E-state index contributed by atoms with van der Waals surface area (Å²) in [5.74, 6) is 0. The first-order chi connectivity index (χ1) is 50.0. The van der Waals surface area contributed by atoms with Gasteiger partial charge in [-0.15, -0.1) is 0 Å². The summed E-state index contributed by atoms with van der Waals surface area (Å²) in [7, 11) is 0. The fourth-order valence-corrected chi connectivity index (χ4v) is 17.7. The summed E-state index contributed by atoms with van der Waals surface area (Å²) in [6.45, 7) is 23.0. The van der Waals surface area contributed by atoms with Crippen LogP contribution in [0.1, 0.15) is 174 Å². The highest BCUT2D eigenvalue weighted by molar-refractivity contribution is 6.36. The van der Waals surface area contributed by atoms with Crippen molar-refractivity contribution >= 4 is 131 Å². The second-order valence-electron chi connectivity index (χ2n) is 30.3. The molecule has 102 heavy (non-hydrogen) atoms. The van der Waals surface area contributed by atoms with E-state index in [1.807, 2.05) is 0 Å². The maximum absolute atomic E-state index is 2.68. The van der Waals surface area contributed by atoms with Gasteiger partial charge in [0.1, 0.15) is 0 Å². The topological polar surface area (TPSA) is 6.48 Å². The van der Waals surface area contributed by atoms with Gasteiger partial charge in [-0.1, -0.05) is 236 Å². The molecule has 0 atom stereocenters. The van der Waals surface area contributed by atoms with E-state index in [4.69, 9.17) is 0 Å². The standard InChI is InChI=1S/C100H100N2/c1-11-17-23-67-37-46-82-90(60-88-71(27-21-15-5)58-70(26-20-14-4)80-48-47-77(67)96(82)98(80)88)92-62-94(102(75-42-33-65(9)34-43-75)76-44-35-66(10)36-45-76)87-55-53-84-91(61-93(86-56-54-85(92)100(87)99(84)86)101(73-38-29-63(7)30-39-73)74-40-31-64(8)32-41-74)89-59-72(28-22-16-6)81-50-49-78-68(24-18-12-2)57-69(25-19-13-3)79-51-52-83(89)97(81)95(78)79/h29-62H,11-28H2,1-10H3. The van der Waals surface area contributed by atoms with Crippen molar-refractivity contribution in [3.63, 3.8) is 0 Å². The summed E-state index contributed by atoms with van der Waals surface area (Å²) < 4.78 is 0. The molecular weight excluding hydrogens is 1230 g/mol. The molecule has 16 rings (SSSR count). The molecule has 0 radical (unpaired) electrons. The summed E-state index contributed by atoms with van der Waals surface area (Å²) >= 11 is 0. The Morgan fingerprint density at radius 3 is 0.755 bits per heavy atom. The van der Waals surface area contributed by atoms with Crippen molar-refractivity contribution in [1.82, 2.24) is 0 Å². The predicted octanol–water partition coefficient (Wildman–Crippen LogP) is 29.9. The molecule has 2 heteroatoms. The van der Waals surface area contributed by atoms with Crippen LogP contribution in [0, 0.1) is 27.7 Å². The van der Waals surface area contributed by atoms with Crippen LogP contribution in [-0.4, -0.2) is 0 Å². The zero-order valence-corrected chi connectivity index (χ0v) is 62.3. The van der Waals surface area contributed by atoms with Gasteiger partial charge in [0.2, 0.25) is 0 Å². The van der Waals surface area contributed by atoms with Crippen molar-refractivity contribution in [1.29, 1.82) is 0 Å². The van der Waals surface area contributed by atoms with Gasteiger partial charge >= 0.3 is 0 Å². The van der Waals surface area contributed by atoms with E-state index in [0.29, 0.717) is 0 Å². The number of hydrogen-bond acceptors (Lipinski definition) is 2. The van der Waals surface area contributed by atoms with E-state index in [0.717, 1.165) is 99.8 Å². The van der Waals surface area contributed by atoms with Gasteiger partial charge in [0, 0.05) is 44.3 Å². The van der Waals surface area contributed by atoms with E-state index in [-0.39, 0.29) is 0 Å². The molecule has 0 bridgehead atoms. The van der Waals surface area contributed by atoms with Gasteiger partial charge in [0.15, 0.2) is 0 Å². The van der Waals surface area contributed by atoms with E-state index < -0.39 is 0 Å². The molecule has 16 aromatic rings. The van der Waals surface area contributed by atoms with Crippen LogP contribution in [0.5, 0.6) is 0 Å². The third-order valence-corrected chi connectivity index (χ3v) is 23.2. The molecular formula is C100H100N2. The molecule has 0 N–H and O–H groups in total. The van der Waals surface area contributed by atoms with E-state index in [1.54, 1.807) is 0 Å². The average molecular weight is 1330 g/mol. The van der Waals surface area contributed by atoms with Gasteiger partial charge < -0.3 is 9.80 Å². The maximum Gasteiger partial charge on any atom is 0.0546 e. The van der Waals surface area contributed by atoms with Gasteiger partial charge in [-0.25, -0.2) is 0 Å². The van der Waals surface area contributed by atoms with Gasteiger partial charge in [-0.3, -0.25) is 0 Å². The molecule has 0 fully saturated rings. The van der Waals surface area contributed by atoms with Crippen molar-refractivity contribution in [2.75, 3.05) is 9.80 Å². The van der Waals surface area contributed by atoms with Crippen LogP contribution in [-0.2, 0) is 38.5 Å². The number of unbranched alkanes of at least 4 members (excludes halogenated alkanes) is 6. The molecule has 0 unspecified atom stereocenters. The SMILES string of the molecule is CCCCc1cc(CCCC)c2ccc3c(-c4cc(N(c5ccc(C)cc5)c5ccc(C)cc5)c5ccc6c(-c7cc8c(CCCC)cc(CCCC)c9ccc%10c(CCCC)ccc7c%10c98)cc(N(c7ccc(C)cc7)c7ccc(C)cc7)c7ccc4c5c67)cc(CCCC)c4ccc1c2c43. The van der Waals surface area contributed by atoms with Crippen LogP contribution in [0.25, 0.3) is 119 Å². The molecule has 16 aromatic carbocycles. The Bertz CT molecular complexity index is 5610. The zero-order valence-electron chi connectivity index (χ0n) is 62.3. The lowest BCUT2D eigenvalue weighted by Gasteiger charge is -2.31. The van der Waals surface area contributed by atoms with Gasteiger partial charge in [-0.05, 0) is 309 Å². The van der Waals surface area contributed by atoms with E-state index in [1.165, 1.54) is 225 Å². The predicted molar refractivity (Wildman–Crippen MR) is 448 cm³/mol. The first-order valence-corrected chi connectivity index (χ1v) is 39.2. The number of aryl methyl sites for hydroxylation is 10. The summed E-state index contributed by atoms with van der Waals surface area (Å²) in [4.78, 5) is 5.17. The molecule has 0 heterocycles. The lowest BCUT2D eigenvalue weighted by Crippen LogP contribution is -2.12. The lowest BCUT2D eigenvalue weighted by atomic mass is 9.80. The third-order valence-electron chi connectivity index (χ3n) is 23.2. The van der Waals surface area contributed by atoms with Gasteiger partial charge in [0.25, 0.3) is 0 Å². The van der Waals surface area contributed by atoms with Gasteiger partial charge in [-0.2, -0.15) is 0 Å². The number of rotatable bonds is 26. The second-order valence-corrected chi connectivity index (χ2v) is 30.3. The molecule has 0 aromatic heterocycles. The Labute approximate surface area is 606 Å². The molecule has 0 aliphatic heterocycles. The number of nitrogens with zero attached hydrogens (tertiary/aromatic N) is 2. The Balaban J connectivity index is 1.11. The van der Waals surface area contributed by atoms with Crippen molar-refractivity contribution in [2.45, 2.75) is 185 Å². The number of hydrogen-bond donors (Lipinski definition) is 0. The van der Waals surface area contributed by atoms with E-state index >= 15 is 0 Å². The first kappa shape index (κ1) is 66.8. The summed E-state index contributed by atoms with van der Waals surface area (Å²) in [5, 5.41) is 24.6. The molecule has 0 saturated carbocycles. The Morgan fingerprint density at radius 1 is 0.196 bits per heavy atom. The Kier molecular flexibility index (Phi) is 18.5. The molecule has 510 valence electrons. The quantitative estimate of drug-likeness (QED) is 0.0499. The maximum atomic E-state index is 2.68. The minimum Gasteiger partial charge on any atom is -0.310 e. The highest BCUT2D eigenvalue weighted by atomic mass is 15.2. The zero-order chi connectivity index (χ0) is 69.9. The summed E-state index contributed by atoms with van der Waals surface area (Å²) in [6, 6.07) is 83.3. The fourth-order valence-electron chi connectivity index (χ4n) is 17.7. The lowest BCUT2D eigenvalue weighted by molar-refractivity contribution is 0.786. The van der Waals surface area contributed by atoms with Crippen molar-refractivity contribution in [3.8, 4) is 22.3 Å². The number of anilines is 6. The summed E-state index contributed by atoms with van der Waals surface area (Å²) in [5.41, 5.74) is 25.9. The van der Waals surface area contributed by atoms with E-state index in [9.17, 15) is 0 Å². The van der Waals surface area contributed by atoms with Crippen LogP contribution in [0.15, 0.2) is 206 Å². The molecule has 2 nitrogen and oxygen atoms in total. The van der Waals surface area contributed by atoms with Crippen molar-refractivity contribution in [3.05, 3.63) is 262 Å². The monoisotopic (exact) mass is 1330 g/mol. The average Bonchev–Trinajstić information content (AvgIpc) is 0.696. The highest BCUT2D eigenvalue weighted by Gasteiger charge is 2.30. The second kappa shape index (κ2) is 28.2. The third kappa shape index (κ3) is 11.7. The van der Waals surface area contributed by atoms with Crippen LogP contribution in [0.2, 0.25) is 0 Å². The number of benzene rings is 16. The normalized spacial score (nSPS) is 12.1. The van der Waals surface area contributed by atoms with Crippen molar-refractivity contribution in [2.24, 2.45) is 0 Å². The van der Waals surface area contributed by atoms with Crippen LogP contribution < -0.4 is 9.80 Å². The fraction of sp³-hybridized carbons (Fsp3) is 0.280. The van der Waals surface area contributed by atoms with Crippen LogP contribution in [0.4, 0.5) is 34.1 Å². The summed E-state index contributed by atoms with van der Waals surface area (Å²) in [6.07, 6.45) is 20.4. The van der Waals surface area contributed by atoms with Crippen LogP contribution >= 0.6 is 0 Å².